The van der Waals surface area contributed by atoms with Crippen LogP contribution in [0.4, 0.5) is 5.69 Å². The van der Waals surface area contributed by atoms with Crippen LogP contribution in [-0.4, -0.2) is 21.1 Å². The van der Waals surface area contributed by atoms with Gasteiger partial charge in [-0.25, -0.2) is 13.1 Å². The fourth-order valence-electron chi connectivity index (χ4n) is 1.58. The molecule has 0 radical (unpaired) electrons. The molecule has 1 aliphatic carbocycles. The van der Waals surface area contributed by atoms with Gasteiger partial charge in [0.1, 0.15) is 10.6 Å². The van der Waals surface area contributed by atoms with Crippen LogP contribution in [0.1, 0.15) is 19.8 Å². The zero-order valence-corrected chi connectivity index (χ0v) is 10.7. The van der Waals surface area contributed by atoms with E-state index in [-0.39, 0.29) is 16.2 Å². The highest BCUT2D eigenvalue weighted by molar-refractivity contribution is 7.89. The van der Waals surface area contributed by atoms with Gasteiger partial charge in [0.05, 0.1) is 7.11 Å². The monoisotopic (exact) mass is 256 g/mol. The van der Waals surface area contributed by atoms with Crippen LogP contribution in [0.15, 0.2) is 23.1 Å². The summed E-state index contributed by atoms with van der Waals surface area (Å²) in [6.45, 7) is 1.88. The third-order valence-corrected chi connectivity index (χ3v) is 4.54. The summed E-state index contributed by atoms with van der Waals surface area (Å²) in [6.07, 6.45) is 1.73. The number of nitrogens with one attached hydrogen (secondary N) is 1. The second-order valence-corrected chi connectivity index (χ2v) is 6.23. The molecule has 94 valence electrons. The summed E-state index contributed by atoms with van der Waals surface area (Å²) in [5, 5.41) is 0. The van der Waals surface area contributed by atoms with Crippen molar-refractivity contribution < 1.29 is 13.2 Å². The minimum absolute atomic E-state index is 0.127. The molecule has 2 rings (SSSR count). The van der Waals surface area contributed by atoms with Gasteiger partial charge in [-0.2, -0.15) is 0 Å². The van der Waals surface area contributed by atoms with E-state index in [2.05, 4.69) is 4.72 Å². The molecule has 0 bridgehead atoms. The molecule has 3 N–H and O–H groups in total. The fourth-order valence-corrected chi connectivity index (χ4v) is 3.19. The Hall–Kier alpha value is -1.27. The summed E-state index contributed by atoms with van der Waals surface area (Å²) in [7, 11) is -2.12. The molecule has 0 saturated heterocycles. The van der Waals surface area contributed by atoms with Gasteiger partial charge < -0.3 is 10.5 Å². The van der Waals surface area contributed by atoms with Crippen LogP contribution in [0.2, 0.25) is 0 Å². The summed E-state index contributed by atoms with van der Waals surface area (Å²) in [5.74, 6) is 0.266. The first kappa shape index (κ1) is 12.2. The van der Waals surface area contributed by atoms with Gasteiger partial charge >= 0.3 is 0 Å². The van der Waals surface area contributed by atoms with Crippen molar-refractivity contribution in [3.63, 3.8) is 0 Å². The molecule has 0 aliphatic heterocycles. The molecule has 17 heavy (non-hydrogen) atoms. The van der Waals surface area contributed by atoms with Crippen molar-refractivity contribution in [1.82, 2.24) is 4.72 Å². The van der Waals surface area contributed by atoms with Gasteiger partial charge in [-0.3, -0.25) is 0 Å². The van der Waals surface area contributed by atoms with Crippen molar-refractivity contribution in [2.45, 2.75) is 30.2 Å². The van der Waals surface area contributed by atoms with Gasteiger partial charge in [0.15, 0.2) is 0 Å². The first-order chi connectivity index (χ1) is 7.86. The van der Waals surface area contributed by atoms with Crippen molar-refractivity contribution in [2.24, 2.45) is 0 Å². The highest BCUT2D eigenvalue weighted by atomic mass is 32.2. The second-order valence-electron chi connectivity index (χ2n) is 4.58. The van der Waals surface area contributed by atoms with Crippen LogP contribution in [0.25, 0.3) is 0 Å². The van der Waals surface area contributed by atoms with E-state index in [0.717, 1.165) is 12.8 Å². The lowest BCUT2D eigenvalue weighted by Crippen LogP contribution is -2.34. The van der Waals surface area contributed by atoms with E-state index in [0.29, 0.717) is 5.69 Å². The molecule has 6 heteroatoms. The number of sulfonamides is 1. The Morgan fingerprint density at radius 1 is 1.41 bits per heavy atom. The second kappa shape index (κ2) is 3.89. The smallest absolute Gasteiger partial charge is 0.244 e. The largest absolute Gasteiger partial charge is 0.495 e. The summed E-state index contributed by atoms with van der Waals surface area (Å²) in [5.41, 5.74) is 5.76. The van der Waals surface area contributed by atoms with E-state index >= 15 is 0 Å². The normalized spacial score (nSPS) is 17.8. The average Bonchev–Trinajstić information content (AvgIpc) is 2.94. The van der Waals surface area contributed by atoms with Gasteiger partial charge in [-0.1, -0.05) is 0 Å². The Kier molecular flexibility index (Phi) is 2.79. The quantitative estimate of drug-likeness (QED) is 0.791. The van der Waals surface area contributed by atoms with Crippen LogP contribution in [0, 0.1) is 0 Å². The van der Waals surface area contributed by atoms with Crippen LogP contribution in [0.5, 0.6) is 5.75 Å². The third-order valence-electron chi connectivity index (χ3n) is 2.86. The number of anilines is 1. The highest BCUT2D eigenvalue weighted by Gasteiger charge is 2.41. The third kappa shape index (κ3) is 2.53. The maximum Gasteiger partial charge on any atom is 0.244 e. The van der Waals surface area contributed by atoms with Gasteiger partial charge in [0.2, 0.25) is 10.0 Å². The zero-order chi connectivity index (χ0) is 12.7. The first-order valence-electron chi connectivity index (χ1n) is 5.34. The van der Waals surface area contributed by atoms with E-state index < -0.39 is 10.0 Å². The topological polar surface area (TPSA) is 81.4 Å². The highest BCUT2D eigenvalue weighted by Crippen LogP contribution is 2.37. The van der Waals surface area contributed by atoms with Crippen LogP contribution >= 0.6 is 0 Å². The van der Waals surface area contributed by atoms with Crippen molar-refractivity contribution >= 4 is 15.7 Å². The fraction of sp³-hybridized carbons (Fsp3) is 0.455. The van der Waals surface area contributed by atoms with Crippen LogP contribution in [-0.2, 0) is 10.0 Å². The van der Waals surface area contributed by atoms with Gasteiger partial charge in [-0.15, -0.1) is 0 Å². The number of nitrogen functional groups attached to an aromatic ring is 1. The molecule has 0 aromatic heterocycles. The first-order valence-corrected chi connectivity index (χ1v) is 6.82. The molecule has 1 aromatic carbocycles. The number of ether oxygens (including phenoxy) is 1. The molecule has 0 spiro atoms. The van der Waals surface area contributed by atoms with Gasteiger partial charge in [-0.05, 0) is 31.9 Å². The number of methoxy groups -OCH3 is 1. The predicted molar refractivity (Wildman–Crippen MR) is 65.4 cm³/mol. The summed E-state index contributed by atoms with van der Waals surface area (Å²) in [6, 6.07) is 4.51. The van der Waals surface area contributed by atoms with E-state index in [9.17, 15) is 8.42 Å². The molecule has 5 nitrogen and oxygen atoms in total. The summed E-state index contributed by atoms with van der Waals surface area (Å²) < 4.78 is 32.0. The Morgan fingerprint density at radius 3 is 2.59 bits per heavy atom. The maximum atomic E-state index is 12.1. The lowest BCUT2D eigenvalue weighted by Gasteiger charge is -2.14. The molecule has 1 saturated carbocycles. The Bertz CT molecular complexity index is 536. The molecule has 1 fully saturated rings. The molecule has 0 amide bonds. The van der Waals surface area contributed by atoms with Crippen molar-refractivity contribution in [1.29, 1.82) is 0 Å². The molecule has 1 aliphatic rings. The van der Waals surface area contributed by atoms with Crippen molar-refractivity contribution in [3.05, 3.63) is 18.2 Å². The zero-order valence-electron chi connectivity index (χ0n) is 9.86. The predicted octanol–water partition coefficient (Wildman–Crippen LogP) is 1.11. The number of benzene rings is 1. The van der Waals surface area contributed by atoms with Gasteiger partial charge in [0.25, 0.3) is 0 Å². The minimum Gasteiger partial charge on any atom is -0.495 e. The molecule has 0 atom stereocenters. The Labute approximate surface area is 101 Å². The molecule has 0 heterocycles. The molecule has 1 aromatic rings. The Morgan fingerprint density at radius 2 is 2.06 bits per heavy atom. The van der Waals surface area contributed by atoms with Crippen LogP contribution in [0.3, 0.4) is 0 Å². The number of hydrogen-bond donors (Lipinski definition) is 2. The standard InChI is InChI=1S/C11H16N2O3S/c1-11(5-6-11)13-17(14,15)10-4-3-8(12)7-9(10)16-2/h3-4,7,13H,5-6,12H2,1-2H3. The summed E-state index contributed by atoms with van der Waals surface area (Å²) >= 11 is 0. The van der Waals surface area contributed by atoms with E-state index in [4.69, 9.17) is 10.5 Å². The lowest BCUT2D eigenvalue weighted by atomic mass is 10.3. The number of rotatable bonds is 4. The number of nitrogens with two attached hydrogens (primary N) is 1. The van der Waals surface area contributed by atoms with E-state index in [1.807, 2.05) is 6.92 Å². The summed E-state index contributed by atoms with van der Waals surface area (Å²) in [4.78, 5) is 0.127. The maximum absolute atomic E-state index is 12.1. The lowest BCUT2D eigenvalue weighted by molar-refractivity contribution is 0.402. The SMILES string of the molecule is COc1cc(N)ccc1S(=O)(=O)NC1(C)CC1. The number of hydrogen-bond acceptors (Lipinski definition) is 4. The van der Waals surface area contributed by atoms with E-state index in [1.54, 1.807) is 6.07 Å². The minimum atomic E-state index is -3.55. The van der Waals surface area contributed by atoms with Gasteiger partial charge in [0, 0.05) is 17.3 Å². The van der Waals surface area contributed by atoms with Crippen molar-refractivity contribution in [2.75, 3.05) is 12.8 Å². The molecular weight excluding hydrogens is 240 g/mol. The van der Waals surface area contributed by atoms with E-state index in [1.165, 1.54) is 19.2 Å². The molecular formula is C11H16N2O3S. The average molecular weight is 256 g/mol. The molecule has 0 unspecified atom stereocenters. The van der Waals surface area contributed by atoms with Crippen LogP contribution < -0.4 is 15.2 Å². The Balaban J connectivity index is 2.38. The van der Waals surface area contributed by atoms with Crippen molar-refractivity contribution in [3.8, 4) is 5.75 Å².